The Kier molecular flexibility index (Phi) is 5.01. The molecule has 0 aliphatic heterocycles. The van der Waals surface area contributed by atoms with Crippen molar-refractivity contribution in [2.75, 3.05) is 7.05 Å². The third-order valence-electron chi connectivity index (χ3n) is 3.56. The molecule has 1 atom stereocenters. The van der Waals surface area contributed by atoms with Gasteiger partial charge in [-0.15, -0.1) is 0 Å². The second-order valence-electron chi connectivity index (χ2n) is 6.32. The van der Waals surface area contributed by atoms with Crippen LogP contribution >= 0.6 is 11.6 Å². The Labute approximate surface area is 130 Å². The van der Waals surface area contributed by atoms with E-state index in [-0.39, 0.29) is 5.41 Å². The lowest BCUT2D eigenvalue weighted by atomic mass is 9.85. The van der Waals surface area contributed by atoms with Crippen molar-refractivity contribution in [1.29, 1.82) is 0 Å². The van der Waals surface area contributed by atoms with E-state index in [1.54, 1.807) is 0 Å². The SMILES string of the molecule is CNC(Cc1nc(Cc2ccc(Cl)cc2)no1)C(C)(C)C. The van der Waals surface area contributed by atoms with Crippen molar-refractivity contribution in [3.8, 4) is 0 Å². The molecule has 2 rings (SSSR count). The van der Waals surface area contributed by atoms with Crippen LogP contribution in [0.25, 0.3) is 0 Å². The number of halogens is 1. The van der Waals surface area contributed by atoms with Gasteiger partial charge in [0, 0.05) is 23.9 Å². The molecule has 1 N–H and O–H groups in total. The summed E-state index contributed by atoms with van der Waals surface area (Å²) in [7, 11) is 1.96. The molecule has 4 nitrogen and oxygen atoms in total. The van der Waals surface area contributed by atoms with Crippen LogP contribution in [0.3, 0.4) is 0 Å². The fourth-order valence-corrected chi connectivity index (χ4v) is 2.37. The van der Waals surface area contributed by atoms with Gasteiger partial charge in [-0.1, -0.05) is 49.7 Å². The van der Waals surface area contributed by atoms with E-state index in [4.69, 9.17) is 16.1 Å². The van der Waals surface area contributed by atoms with Crippen molar-refractivity contribution in [2.24, 2.45) is 5.41 Å². The van der Waals surface area contributed by atoms with Crippen LogP contribution in [0.2, 0.25) is 5.02 Å². The van der Waals surface area contributed by atoms with Gasteiger partial charge in [-0.05, 0) is 30.2 Å². The normalized spacial score (nSPS) is 13.4. The number of hydrogen-bond donors (Lipinski definition) is 1. The lowest BCUT2D eigenvalue weighted by molar-refractivity contribution is 0.255. The summed E-state index contributed by atoms with van der Waals surface area (Å²) in [4.78, 5) is 4.48. The summed E-state index contributed by atoms with van der Waals surface area (Å²) in [5, 5.41) is 8.10. The first-order valence-corrected chi connectivity index (χ1v) is 7.49. The molecule has 1 aromatic carbocycles. The van der Waals surface area contributed by atoms with E-state index in [0.717, 1.165) is 17.0 Å². The topological polar surface area (TPSA) is 51.0 Å². The molecular formula is C16H22ClN3O. The van der Waals surface area contributed by atoms with E-state index >= 15 is 0 Å². The Bertz CT molecular complexity index is 572. The van der Waals surface area contributed by atoms with Gasteiger partial charge in [0.2, 0.25) is 5.89 Å². The summed E-state index contributed by atoms with van der Waals surface area (Å²) in [6.07, 6.45) is 1.38. The molecule has 1 unspecified atom stereocenters. The Morgan fingerprint density at radius 2 is 1.90 bits per heavy atom. The Balaban J connectivity index is 2.02. The van der Waals surface area contributed by atoms with Crippen molar-refractivity contribution in [2.45, 2.75) is 39.7 Å². The molecule has 0 bridgehead atoms. The molecule has 0 spiro atoms. The van der Waals surface area contributed by atoms with Gasteiger partial charge < -0.3 is 9.84 Å². The molecule has 0 amide bonds. The van der Waals surface area contributed by atoms with Crippen molar-refractivity contribution < 1.29 is 4.52 Å². The maximum absolute atomic E-state index is 5.88. The van der Waals surface area contributed by atoms with Crippen LogP contribution in [0, 0.1) is 5.41 Å². The second-order valence-corrected chi connectivity index (χ2v) is 6.76. The third kappa shape index (κ3) is 4.55. The quantitative estimate of drug-likeness (QED) is 0.918. The number of aromatic nitrogens is 2. The predicted octanol–water partition coefficient (Wildman–Crippen LogP) is 3.49. The van der Waals surface area contributed by atoms with Crippen molar-refractivity contribution in [3.05, 3.63) is 46.6 Å². The van der Waals surface area contributed by atoms with Gasteiger partial charge in [-0.3, -0.25) is 0 Å². The molecule has 114 valence electrons. The van der Waals surface area contributed by atoms with Gasteiger partial charge in [0.1, 0.15) is 0 Å². The van der Waals surface area contributed by atoms with E-state index in [0.29, 0.717) is 24.2 Å². The Morgan fingerprint density at radius 3 is 2.48 bits per heavy atom. The van der Waals surface area contributed by atoms with Gasteiger partial charge in [0.05, 0.1) is 0 Å². The van der Waals surface area contributed by atoms with Gasteiger partial charge in [-0.2, -0.15) is 4.98 Å². The second kappa shape index (κ2) is 6.58. The molecule has 0 radical (unpaired) electrons. The molecule has 2 aromatic rings. The number of likely N-dealkylation sites (N-methyl/N-ethyl adjacent to an activating group) is 1. The summed E-state index contributed by atoms with van der Waals surface area (Å²) < 4.78 is 5.36. The van der Waals surface area contributed by atoms with Crippen molar-refractivity contribution in [3.63, 3.8) is 0 Å². The van der Waals surface area contributed by atoms with Crippen LogP contribution < -0.4 is 5.32 Å². The molecule has 0 saturated heterocycles. The number of nitrogens with zero attached hydrogens (tertiary/aromatic N) is 2. The number of hydrogen-bond acceptors (Lipinski definition) is 4. The molecule has 5 heteroatoms. The summed E-state index contributed by atoms with van der Waals surface area (Å²) in [6.45, 7) is 6.58. The van der Waals surface area contributed by atoms with E-state index in [1.807, 2.05) is 31.3 Å². The van der Waals surface area contributed by atoms with E-state index < -0.39 is 0 Å². The predicted molar refractivity (Wildman–Crippen MR) is 84.6 cm³/mol. The molecule has 0 aliphatic carbocycles. The standard InChI is InChI=1S/C16H22ClN3O/c1-16(2,3)13(18-4)10-15-19-14(20-21-15)9-11-5-7-12(17)8-6-11/h5-8,13,18H,9-10H2,1-4H3. The molecule has 0 fully saturated rings. The highest BCUT2D eigenvalue weighted by Gasteiger charge is 2.25. The van der Waals surface area contributed by atoms with Crippen LogP contribution in [0.1, 0.15) is 38.0 Å². The van der Waals surface area contributed by atoms with Crippen LogP contribution in [0.4, 0.5) is 0 Å². The van der Waals surface area contributed by atoms with E-state index in [1.165, 1.54) is 0 Å². The Hall–Kier alpha value is -1.39. The van der Waals surface area contributed by atoms with Crippen LogP contribution in [0.5, 0.6) is 0 Å². The maximum atomic E-state index is 5.88. The molecule has 1 heterocycles. The first-order valence-electron chi connectivity index (χ1n) is 7.11. The number of rotatable bonds is 5. The first kappa shape index (κ1) is 16.0. The van der Waals surface area contributed by atoms with Crippen LogP contribution in [-0.4, -0.2) is 23.2 Å². The van der Waals surface area contributed by atoms with Crippen molar-refractivity contribution in [1.82, 2.24) is 15.5 Å². The van der Waals surface area contributed by atoms with Gasteiger partial charge in [0.15, 0.2) is 5.82 Å². The summed E-state index contributed by atoms with van der Waals surface area (Å²) in [6, 6.07) is 7.98. The highest BCUT2D eigenvalue weighted by molar-refractivity contribution is 6.30. The average Bonchev–Trinajstić information content (AvgIpc) is 2.85. The highest BCUT2D eigenvalue weighted by Crippen LogP contribution is 2.22. The zero-order valence-corrected chi connectivity index (χ0v) is 13.7. The molecule has 0 saturated carbocycles. The molecular weight excluding hydrogens is 286 g/mol. The summed E-state index contributed by atoms with van der Waals surface area (Å²) >= 11 is 5.88. The summed E-state index contributed by atoms with van der Waals surface area (Å²) in [5.41, 5.74) is 1.26. The lowest BCUT2D eigenvalue weighted by Gasteiger charge is -2.29. The van der Waals surface area contributed by atoms with Gasteiger partial charge in [0.25, 0.3) is 0 Å². The fraction of sp³-hybridized carbons (Fsp3) is 0.500. The highest BCUT2D eigenvalue weighted by atomic mass is 35.5. The minimum absolute atomic E-state index is 0.138. The zero-order valence-electron chi connectivity index (χ0n) is 13.0. The summed E-state index contributed by atoms with van der Waals surface area (Å²) in [5.74, 6) is 1.38. The van der Waals surface area contributed by atoms with Crippen molar-refractivity contribution >= 4 is 11.6 Å². The minimum atomic E-state index is 0.138. The smallest absolute Gasteiger partial charge is 0.228 e. The van der Waals surface area contributed by atoms with Gasteiger partial charge >= 0.3 is 0 Å². The third-order valence-corrected chi connectivity index (χ3v) is 3.81. The van der Waals surface area contributed by atoms with Gasteiger partial charge in [-0.25, -0.2) is 0 Å². The van der Waals surface area contributed by atoms with Crippen LogP contribution in [-0.2, 0) is 12.8 Å². The Morgan fingerprint density at radius 1 is 1.24 bits per heavy atom. The first-order chi connectivity index (χ1) is 9.88. The number of benzene rings is 1. The molecule has 0 aliphatic rings. The largest absolute Gasteiger partial charge is 0.339 e. The zero-order chi connectivity index (χ0) is 15.5. The molecule has 21 heavy (non-hydrogen) atoms. The minimum Gasteiger partial charge on any atom is -0.339 e. The molecule has 1 aromatic heterocycles. The van der Waals surface area contributed by atoms with E-state index in [9.17, 15) is 0 Å². The number of nitrogens with one attached hydrogen (secondary N) is 1. The lowest BCUT2D eigenvalue weighted by Crippen LogP contribution is -2.39. The maximum Gasteiger partial charge on any atom is 0.228 e. The average molecular weight is 308 g/mol. The monoisotopic (exact) mass is 307 g/mol. The van der Waals surface area contributed by atoms with Crippen LogP contribution in [0.15, 0.2) is 28.8 Å². The van der Waals surface area contributed by atoms with E-state index in [2.05, 4.69) is 36.2 Å². The fourth-order valence-electron chi connectivity index (χ4n) is 2.25.